The van der Waals surface area contributed by atoms with Crippen LogP contribution in [0.5, 0.6) is 0 Å². The Labute approximate surface area is 114 Å². The smallest absolute Gasteiger partial charge is 0.167 e. The molecule has 1 aromatic carbocycles. The molecule has 17 heavy (non-hydrogen) atoms. The molecule has 0 aliphatic heterocycles. The van der Waals surface area contributed by atoms with Gasteiger partial charge in [0, 0.05) is 18.9 Å². The van der Waals surface area contributed by atoms with Crippen molar-refractivity contribution in [2.45, 2.75) is 6.54 Å². The Morgan fingerprint density at radius 1 is 1.35 bits per heavy atom. The van der Waals surface area contributed by atoms with Gasteiger partial charge in [0.25, 0.3) is 0 Å². The average Bonchev–Trinajstić information content (AvgIpc) is 2.72. The van der Waals surface area contributed by atoms with Crippen molar-refractivity contribution in [1.29, 1.82) is 0 Å². The molecule has 0 radical (unpaired) electrons. The maximum absolute atomic E-state index is 5.95. The number of hydrogen-bond acceptors (Lipinski definition) is 2. The molecule has 0 unspecified atom stereocenters. The van der Waals surface area contributed by atoms with Crippen LogP contribution in [0.3, 0.4) is 0 Å². The standard InChI is InChI=1S/C11H9Cl2N3S/c12-8-2-1-7(5-9(8)13)6-16-4-3-15-11(16)10(14)17/h1-5H,6H2,(H2,14,17). The number of nitrogens with zero attached hydrogens (tertiary/aromatic N) is 2. The van der Waals surface area contributed by atoms with Crippen LogP contribution in [0.15, 0.2) is 30.6 Å². The molecule has 2 N–H and O–H groups in total. The second kappa shape index (κ2) is 5.04. The largest absolute Gasteiger partial charge is 0.387 e. The highest BCUT2D eigenvalue weighted by Gasteiger charge is 2.06. The van der Waals surface area contributed by atoms with Crippen LogP contribution in [0.2, 0.25) is 10.0 Å². The topological polar surface area (TPSA) is 43.8 Å². The third-order valence-corrected chi connectivity index (χ3v) is 3.19. The lowest BCUT2D eigenvalue weighted by Gasteiger charge is -2.07. The number of rotatable bonds is 3. The van der Waals surface area contributed by atoms with Gasteiger partial charge in [-0.2, -0.15) is 0 Å². The lowest BCUT2D eigenvalue weighted by atomic mass is 10.2. The molecule has 0 aliphatic carbocycles. The van der Waals surface area contributed by atoms with Crippen LogP contribution in [0.4, 0.5) is 0 Å². The molecule has 3 nitrogen and oxygen atoms in total. The number of aromatic nitrogens is 2. The first kappa shape index (κ1) is 12.4. The normalized spacial score (nSPS) is 10.5. The van der Waals surface area contributed by atoms with E-state index in [1.54, 1.807) is 12.3 Å². The molecular formula is C11H9Cl2N3S. The van der Waals surface area contributed by atoms with Gasteiger partial charge in [0.2, 0.25) is 0 Å². The van der Waals surface area contributed by atoms with Crippen LogP contribution in [0.25, 0.3) is 0 Å². The zero-order chi connectivity index (χ0) is 12.4. The molecule has 0 fully saturated rings. The molecule has 1 heterocycles. The summed E-state index contributed by atoms with van der Waals surface area (Å²) in [6.07, 6.45) is 3.48. The van der Waals surface area contributed by atoms with E-state index < -0.39 is 0 Å². The summed E-state index contributed by atoms with van der Waals surface area (Å²) in [6.45, 7) is 0.601. The van der Waals surface area contributed by atoms with Crippen molar-refractivity contribution in [3.05, 3.63) is 52.0 Å². The van der Waals surface area contributed by atoms with E-state index in [1.807, 2.05) is 22.9 Å². The first-order valence-corrected chi connectivity index (χ1v) is 5.99. The fourth-order valence-corrected chi connectivity index (χ4v) is 1.99. The summed E-state index contributed by atoms with van der Waals surface area (Å²) >= 11 is 16.7. The van der Waals surface area contributed by atoms with E-state index in [0.717, 1.165) is 5.56 Å². The summed E-state index contributed by atoms with van der Waals surface area (Å²) in [5.41, 5.74) is 6.58. The van der Waals surface area contributed by atoms with E-state index in [0.29, 0.717) is 22.4 Å². The van der Waals surface area contributed by atoms with E-state index in [9.17, 15) is 0 Å². The number of imidazole rings is 1. The van der Waals surface area contributed by atoms with Crippen LogP contribution >= 0.6 is 35.4 Å². The van der Waals surface area contributed by atoms with Gasteiger partial charge in [0.15, 0.2) is 5.82 Å². The number of halogens is 2. The number of benzene rings is 1. The van der Waals surface area contributed by atoms with Gasteiger partial charge >= 0.3 is 0 Å². The summed E-state index contributed by atoms with van der Waals surface area (Å²) in [7, 11) is 0. The highest BCUT2D eigenvalue weighted by Crippen LogP contribution is 2.23. The first-order chi connectivity index (χ1) is 8.08. The Morgan fingerprint density at radius 2 is 2.12 bits per heavy atom. The van der Waals surface area contributed by atoms with Crippen LogP contribution in [-0.4, -0.2) is 14.5 Å². The molecule has 2 rings (SSSR count). The minimum atomic E-state index is 0.273. The molecule has 88 valence electrons. The molecule has 0 bridgehead atoms. The van der Waals surface area contributed by atoms with Crippen molar-refractivity contribution in [2.75, 3.05) is 0 Å². The second-order valence-corrected chi connectivity index (χ2v) is 4.75. The summed E-state index contributed by atoms with van der Waals surface area (Å²) in [5.74, 6) is 0.589. The van der Waals surface area contributed by atoms with Gasteiger partial charge in [-0.3, -0.25) is 0 Å². The molecule has 0 spiro atoms. The quantitative estimate of drug-likeness (QED) is 0.882. The Kier molecular flexibility index (Phi) is 3.66. The van der Waals surface area contributed by atoms with E-state index in [4.69, 9.17) is 41.2 Å². The number of hydrogen-bond donors (Lipinski definition) is 1. The van der Waals surface area contributed by atoms with Crippen molar-refractivity contribution in [3.63, 3.8) is 0 Å². The molecule has 0 aliphatic rings. The fraction of sp³-hybridized carbons (Fsp3) is 0.0909. The maximum Gasteiger partial charge on any atom is 0.167 e. The summed E-state index contributed by atoms with van der Waals surface area (Å²) in [5, 5.41) is 1.07. The first-order valence-electron chi connectivity index (χ1n) is 4.83. The zero-order valence-electron chi connectivity index (χ0n) is 8.73. The van der Waals surface area contributed by atoms with Gasteiger partial charge in [-0.25, -0.2) is 4.98 Å². The van der Waals surface area contributed by atoms with Crippen molar-refractivity contribution < 1.29 is 0 Å². The number of nitrogens with two attached hydrogens (primary N) is 1. The predicted molar refractivity (Wildman–Crippen MR) is 73.7 cm³/mol. The van der Waals surface area contributed by atoms with E-state index >= 15 is 0 Å². The lowest BCUT2D eigenvalue weighted by Crippen LogP contribution is -2.17. The highest BCUT2D eigenvalue weighted by atomic mass is 35.5. The van der Waals surface area contributed by atoms with Crippen LogP contribution in [0, 0.1) is 0 Å². The van der Waals surface area contributed by atoms with Crippen LogP contribution in [-0.2, 0) is 6.54 Å². The SMILES string of the molecule is NC(=S)c1nccn1Cc1ccc(Cl)c(Cl)c1. The van der Waals surface area contributed by atoms with Gasteiger partial charge in [-0.1, -0.05) is 41.5 Å². The molecule has 1 aromatic heterocycles. The molecular weight excluding hydrogens is 277 g/mol. The third kappa shape index (κ3) is 2.77. The molecule has 0 atom stereocenters. The van der Waals surface area contributed by atoms with Crippen molar-refractivity contribution >= 4 is 40.4 Å². The van der Waals surface area contributed by atoms with Crippen molar-refractivity contribution in [1.82, 2.24) is 9.55 Å². The lowest BCUT2D eigenvalue weighted by molar-refractivity contribution is 0.788. The van der Waals surface area contributed by atoms with Gasteiger partial charge in [-0.05, 0) is 17.7 Å². The third-order valence-electron chi connectivity index (χ3n) is 2.27. The van der Waals surface area contributed by atoms with Crippen LogP contribution in [0.1, 0.15) is 11.4 Å². The minimum absolute atomic E-state index is 0.273. The zero-order valence-corrected chi connectivity index (χ0v) is 11.1. The molecule has 0 saturated heterocycles. The van der Waals surface area contributed by atoms with Gasteiger partial charge < -0.3 is 10.3 Å². The molecule has 2 aromatic rings. The monoisotopic (exact) mass is 285 g/mol. The van der Waals surface area contributed by atoms with Gasteiger partial charge in [-0.15, -0.1) is 0 Å². The minimum Gasteiger partial charge on any atom is -0.387 e. The number of thiocarbonyl (C=S) groups is 1. The summed E-state index contributed by atoms with van der Waals surface area (Å²) in [4.78, 5) is 4.36. The van der Waals surface area contributed by atoms with E-state index in [2.05, 4.69) is 4.98 Å². The molecule has 0 saturated carbocycles. The van der Waals surface area contributed by atoms with E-state index in [-0.39, 0.29) is 4.99 Å². The Bertz CT molecular complexity index is 566. The fourth-order valence-electron chi connectivity index (χ4n) is 1.50. The van der Waals surface area contributed by atoms with E-state index in [1.165, 1.54) is 0 Å². The summed E-state index contributed by atoms with van der Waals surface area (Å²) < 4.78 is 1.86. The van der Waals surface area contributed by atoms with Crippen LogP contribution < -0.4 is 5.73 Å². The Balaban J connectivity index is 2.28. The predicted octanol–water partition coefficient (Wildman–Crippen LogP) is 2.87. The second-order valence-electron chi connectivity index (χ2n) is 3.49. The summed E-state index contributed by atoms with van der Waals surface area (Å²) in [6, 6.07) is 5.47. The van der Waals surface area contributed by atoms with Crippen molar-refractivity contribution in [2.24, 2.45) is 5.73 Å². The molecule has 0 amide bonds. The molecule has 6 heteroatoms. The average molecular weight is 286 g/mol. The van der Waals surface area contributed by atoms with Gasteiger partial charge in [0.05, 0.1) is 10.0 Å². The Hall–Kier alpha value is -1.10. The highest BCUT2D eigenvalue weighted by molar-refractivity contribution is 7.80. The van der Waals surface area contributed by atoms with Crippen molar-refractivity contribution in [3.8, 4) is 0 Å². The maximum atomic E-state index is 5.95. The Morgan fingerprint density at radius 3 is 2.76 bits per heavy atom. The van der Waals surface area contributed by atoms with Gasteiger partial charge in [0.1, 0.15) is 4.99 Å².